The summed E-state index contributed by atoms with van der Waals surface area (Å²) in [6.07, 6.45) is 4.69. The van der Waals surface area contributed by atoms with Crippen LogP contribution in [0.15, 0.2) is 68.9 Å². The number of hydrogen-bond donors (Lipinski definition) is 2. The Hall–Kier alpha value is -3.68. The molecular weight excluding hydrogens is 358 g/mol. The number of H-pyrrole nitrogens is 1. The van der Waals surface area contributed by atoms with E-state index in [4.69, 9.17) is 4.42 Å². The summed E-state index contributed by atoms with van der Waals surface area (Å²) in [5.41, 5.74) is -0.302. The summed E-state index contributed by atoms with van der Waals surface area (Å²) in [6.45, 7) is 2.01. The van der Waals surface area contributed by atoms with Crippen LogP contribution in [0, 0.1) is 0 Å². The largest absolute Gasteiger partial charge is 0.469 e. The SMILES string of the molecule is C[C@@H](CCc1ccco1)Nc1ncc2c(=O)n(-c3ccccc3)c(=O)[nH]c2n1. The van der Waals surface area contributed by atoms with E-state index in [2.05, 4.69) is 20.3 Å². The lowest BCUT2D eigenvalue weighted by Gasteiger charge is -2.13. The first-order chi connectivity index (χ1) is 13.6. The molecule has 28 heavy (non-hydrogen) atoms. The molecule has 0 saturated heterocycles. The monoisotopic (exact) mass is 377 g/mol. The zero-order valence-corrected chi connectivity index (χ0v) is 15.3. The van der Waals surface area contributed by atoms with E-state index in [9.17, 15) is 9.59 Å². The average Bonchev–Trinajstić information content (AvgIpc) is 3.21. The highest BCUT2D eigenvalue weighted by Crippen LogP contribution is 2.11. The topological polar surface area (TPSA) is 106 Å². The summed E-state index contributed by atoms with van der Waals surface area (Å²) in [6, 6.07) is 12.6. The van der Waals surface area contributed by atoms with Crippen LogP contribution in [0.25, 0.3) is 16.7 Å². The summed E-state index contributed by atoms with van der Waals surface area (Å²) in [4.78, 5) is 36.4. The van der Waals surface area contributed by atoms with Crippen molar-refractivity contribution in [1.82, 2.24) is 19.5 Å². The molecule has 0 aliphatic rings. The van der Waals surface area contributed by atoms with E-state index in [1.165, 1.54) is 6.20 Å². The number of hydrogen-bond acceptors (Lipinski definition) is 6. The van der Waals surface area contributed by atoms with Crippen molar-refractivity contribution in [3.63, 3.8) is 0 Å². The molecule has 0 aliphatic carbocycles. The molecule has 0 aliphatic heterocycles. The third kappa shape index (κ3) is 3.57. The number of fused-ring (bicyclic) bond motifs is 1. The van der Waals surface area contributed by atoms with E-state index in [0.717, 1.165) is 23.2 Å². The fraction of sp³-hybridized carbons (Fsp3) is 0.200. The predicted octanol–water partition coefficient (Wildman–Crippen LogP) is 2.50. The van der Waals surface area contributed by atoms with Gasteiger partial charge in [0.1, 0.15) is 11.1 Å². The number of aromatic amines is 1. The highest BCUT2D eigenvalue weighted by atomic mass is 16.3. The van der Waals surface area contributed by atoms with E-state index in [0.29, 0.717) is 11.6 Å². The molecule has 0 spiro atoms. The van der Waals surface area contributed by atoms with Crippen LogP contribution in [-0.4, -0.2) is 25.6 Å². The van der Waals surface area contributed by atoms with E-state index >= 15 is 0 Å². The first-order valence-electron chi connectivity index (χ1n) is 8.98. The summed E-state index contributed by atoms with van der Waals surface area (Å²) in [5.74, 6) is 1.27. The minimum atomic E-state index is -0.542. The van der Waals surface area contributed by atoms with Crippen LogP contribution in [-0.2, 0) is 6.42 Å². The number of aryl methyl sites for hydroxylation is 1. The van der Waals surface area contributed by atoms with Crippen molar-refractivity contribution >= 4 is 17.0 Å². The van der Waals surface area contributed by atoms with Gasteiger partial charge in [0.2, 0.25) is 5.95 Å². The van der Waals surface area contributed by atoms with Gasteiger partial charge in [0, 0.05) is 18.7 Å². The van der Waals surface area contributed by atoms with Gasteiger partial charge in [-0.05, 0) is 37.6 Å². The van der Waals surface area contributed by atoms with Crippen LogP contribution in [0.4, 0.5) is 5.95 Å². The van der Waals surface area contributed by atoms with Gasteiger partial charge >= 0.3 is 5.69 Å². The zero-order valence-electron chi connectivity index (χ0n) is 15.3. The molecular formula is C20H19N5O3. The van der Waals surface area contributed by atoms with Gasteiger partial charge in [0.05, 0.1) is 12.0 Å². The van der Waals surface area contributed by atoms with Gasteiger partial charge in [-0.1, -0.05) is 18.2 Å². The van der Waals surface area contributed by atoms with Crippen LogP contribution in [0.3, 0.4) is 0 Å². The fourth-order valence-electron chi connectivity index (χ4n) is 2.99. The van der Waals surface area contributed by atoms with Crippen LogP contribution in [0.5, 0.6) is 0 Å². The van der Waals surface area contributed by atoms with Crippen molar-refractivity contribution < 1.29 is 4.42 Å². The van der Waals surface area contributed by atoms with Gasteiger partial charge in [-0.15, -0.1) is 0 Å². The Balaban J connectivity index is 1.59. The normalized spacial score (nSPS) is 12.2. The van der Waals surface area contributed by atoms with Crippen molar-refractivity contribution in [2.45, 2.75) is 25.8 Å². The number of nitrogens with zero attached hydrogens (tertiary/aromatic N) is 3. The summed E-state index contributed by atoms with van der Waals surface area (Å²) in [5, 5.41) is 3.43. The lowest BCUT2D eigenvalue weighted by atomic mass is 10.1. The fourth-order valence-corrected chi connectivity index (χ4v) is 2.99. The minimum Gasteiger partial charge on any atom is -0.469 e. The van der Waals surface area contributed by atoms with Crippen molar-refractivity contribution in [2.75, 3.05) is 5.32 Å². The first kappa shape index (κ1) is 17.7. The Labute approximate surface area is 159 Å². The molecule has 0 saturated carbocycles. The number of rotatable bonds is 6. The Morgan fingerprint density at radius 2 is 2.00 bits per heavy atom. The third-order valence-electron chi connectivity index (χ3n) is 4.44. The quantitative estimate of drug-likeness (QED) is 0.535. The molecule has 8 nitrogen and oxygen atoms in total. The van der Waals surface area contributed by atoms with Crippen molar-refractivity contribution in [2.24, 2.45) is 0 Å². The van der Waals surface area contributed by atoms with Crippen LogP contribution in [0.1, 0.15) is 19.1 Å². The highest BCUT2D eigenvalue weighted by Gasteiger charge is 2.12. The summed E-state index contributed by atoms with van der Waals surface area (Å²) in [7, 11) is 0. The Kier molecular flexibility index (Phi) is 4.76. The first-order valence-corrected chi connectivity index (χ1v) is 8.98. The predicted molar refractivity (Wildman–Crippen MR) is 106 cm³/mol. The van der Waals surface area contributed by atoms with Crippen molar-refractivity contribution in [3.8, 4) is 5.69 Å². The average molecular weight is 377 g/mol. The molecule has 2 N–H and O–H groups in total. The van der Waals surface area contributed by atoms with Crippen LogP contribution in [0.2, 0.25) is 0 Å². The molecule has 4 rings (SSSR count). The van der Waals surface area contributed by atoms with E-state index in [1.54, 1.807) is 30.5 Å². The molecule has 8 heteroatoms. The maximum absolute atomic E-state index is 12.7. The van der Waals surface area contributed by atoms with Crippen LogP contribution < -0.4 is 16.6 Å². The molecule has 0 radical (unpaired) electrons. The van der Waals surface area contributed by atoms with E-state index < -0.39 is 11.2 Å². The number of aromatic nitrogens is 4. The molecule has 0 amide bonds. The Morgan fingerprint density at radius 3 is 2.75 bits per heavy atom. The number of benzene rings is 1. The van der Waals surface area contributed by atoms with Gasteiger partial charge in [-0.3, -0.25) is 9.78 Å². The standard InChI is InChI=1S/C20H19N5O3/c1-13(9-10-15-8-5-11-28-15)22-19-21-12-16-17(23-19)24-20(27)25(18(16)26)14-6-3-2-4-7-14/h2-8,11-13H,9-10H2,1H3,(H2,21,22,23,24,27)/t13-/m0/s1. The Bertz CT molecular complexity index is 1200. The van der Waals surface area contributed by atoms with Gasteiger partial charge in [-0.2, -0.15) is 4.98 Å². The number of nitrogens with one attached hydrogen (secondary N) is 2. The lowest BCUT2D eigenvalue weighted by molar-refractivity contribution is 0.494. The van der Waals surface area contributed by atoms with E-state index in [-0.39, 0.29) is 17.1 Å². The second-order valence-corrected chi connectivity index (χ2v) is 6.53. The minimum absolute atomic E-state index is 0.0824. The smallest absolute Gasteiger partial charge is 0.334 e. The highest BCUT2D eigenvalue weighted by molar-refractivity contribution is 5.73. The van der Waals surface area contributed by atoms with Crippen LogP contribution >= 0.6 is 0 Å². The maximum Gasteiger partial charge on any atom is 0.334 e. The number of anilines is 1. The third-order valence-corrected chi connectivity index (χ3v) is 4.44. The molecule has 4 aromatic rings. The molecule has 142 valence electrons. The molecule has 3 aromatic heterocycles. The van der Waals surface area contributed by atoms with Gasteiger partial charge < -0.3 is 9.73 Å². The summed E-state index contributed by atoms with van der Waals surface area (Å²) >= 11 is 0. The van der Waals surface area contributed by atoms with Crippen molar-refractivity contribution in [3.05, 3.63) is 81.5 Å². The van der Waals surface area contributed by atoms with Crippen molar-refractivity contribution in [1.29, 1.82) is 0 Å². The maximum atomic E-state index is 12.7. The molecule has 0 fully saturated rings. The van der Waals surface area contributed by atoms with Gasteiger partial charge in [0.25, 0.3) is 5.56 Å². The molecule has 3 heterocycles. The molecule has 1 aromatic carbocycles. The van der Waals surface area contributed by atoms with E-state index in [1.807, 2.05) is 25.1 Å². The number of furan rings is 1. The summed E-state index contributed by atoms with van der Waals surface area (Å²) < 4.78 is 6.40. The zero-order chi connectivity index (χ0) is 19.5. The number of para-hydroxylation sites is 1. The van der Waals surface area contributed by atoms with Gasteiger partial charge in [-0.25, -0.2) is 14.3 Å². The molecule has 0 bridgehead atoms. The molecule has 0 unspecified atom stereocenters. The second kappa shape index (κ2) is 7.51. The second-order valence-electron chi connectivity index (χ2n) is 6.53. The Morgan fingerprint density at radius 1 is 1.18 bits per heavy atom. The van der Waals surface area contributed by atoms with Gasteiger partial charge in [0.15, 0.2) is 5.65 Å². The lowest BCUT2D eigenvalue weighted by Crippen LogP contribution is -2.34. The molecule has 1 atom stereocenters.